The van der Waals surface area contributed by atoms with E-state index >= 15 is 0 Å². The molecule has 0 N–H and O–H groups in total. The minimum Gasteiger partial charge on any atom is -0.341 e. The molecule has 3 amide bonds. The first-order chi connectivity index (χ1) is 10.0. The van der Waals surface area contributed by atoms with Crippen LogP contribution < -0.4 is 0 Å². The van der Waals surface area contributed by atoms with Gasteiger partial charge >= 0.3 is 0 Å². The highest BCUT2D eigenvalue weighted by Gasteiger charge is 2.38. The van der Waals surface area contributed by atoms with Crippen molar-refractivity contribution in [3.05, 3.63) is 35.4 Å². The summed E-state index contributed by atoms with van der Waals surface area (Å²) in [6.07, 6.45) is 2.29. The average Bonchev–Trinajstić information content (AvgIpc) is 3.31. The zero-order valence-corrected chi connectivity index (χ0v) is 12.2. The smallest absolute Gasteiger partial charge is 0.262 e. The molecule has 1 saturated carbocycles. The molecule has 21 heavy (non-hydrogen) atoms. The van der Waals surface area contributed by atoms with E-state index in [0.29, 0.717) is 17.0 Å². The van der Waals surface area contributed by atoms with Gasteiger partial charge in [-0.3, -0.25) is 19.3 Å². The van der Waals surface area contributed by atoms with E-state index in [1.807, 2.05) is 6.92 Å². The number of carbonyl (C=O) groups excluding carboxylic acids is 3. The summed E-state index contributed by atoms with van der Waals surface area (Å²) in [6, 6.07) is 6.84. The molecule has 0 spiro atoms. The van der Waals surface area contributed by atoms with Gasteiger partial charge in [0.25, 0.3) is 11.8 Å². The van der Waals surface area contributed by atoms with E-state index in [1.54, 1.807) is 36.2 Å². The normalized spacial score (nSPS) is 18.7. The predicted octanol–water partition coefficient (Wildman–Crippen LogP) is 1.54. The van der Waals surface area contributed by atoms with Crippen LogP contribution >= 0.6 is 0 Å². The van der Waals surface area contributed by atoms with Crippen LogP contribution in [0, 0.1) is 5.92 Å². The lowest BCUT2D eigenvalue weighted by Gasteiger charge is -2.26. The van der Waals surface area contributed by atoms with Gasteiger partial charge in [-0.2, -0.15) is 0 Å². The van der Waals surface area contributed by atoms with Crippen molar-refractivity contribution in [1.29, 1.82) is 0 Å². The molecule has 1 aliphatic heterocycles. The van der Waals surface area contributed by atoms with E-state index in [9.17, 15) is 14.4 Å². The first kappa shape index (κ1) is 13.8. The molecule has 0 aromatic heterocycles. The van der Waals surface area contributed by atoms with Crippen molar-refractivity contribution >= 4 is 17.7 Å². The lowest BCUT2D eigenvalue weighted by Crippen LogP contribution is -2.44. The molecule has 2 aliphatic rings. The number of likely N-dealkylation sites (N-methyl/N-ethyl adjacent to an activating group) is 1. The maximum Gasteiger partial charge on any atom is 0.262 e. The summed E-state index contributed by atoms with van der Waals surface area (Å²) < 4.78 is 0. The standard InChI is InChI=1S/C16H18N2O3/c1-10(11-7-8-11)17(2)14(19)9-18-15(20)12-5-3-4-6-13(12)16(18)21/h3-6,10-11H,7-9H2,1-2H3/t10-/m0/s1. The van der Waals surface area contributed by atoms with E-state index < -0.39 is 0 Å². The Hall–Kier alpha value is -2.17. The molecule has 3 rings (SSSR count). The van der Waals surface area contributed by atoms with Gasteiger partial charge in [0.05, 0.1) is 11.1 Å². The van der Waals surface area contributed by atoms with Gasteiger partial charge in [0, 0.05) is 13.1 Å². The quantitative estimate of drug-likeness (QED) is 0.789. The number of nitrogens with zero attached hydrogens (tertiary/aromatic N) is 2. The van der Waals surface area contributed by atoms with Crippen molar-refractivity contribution in [2.45, 2.75) is 25.8 Å². The van der Waals surface area contributed by atoms with Crippen molar-refractivity contribution in [3.63, 3.8) is 0 Å². The summed E-state index contributed by atoms with van der Waals surface area (Å²) in [7, 11) is 1.74. The fraction of sp³-hybridized carbons (Fsp3) is 0.438. The highest BCUT2D eigenvalue weighted by molar-refractivity contribution is 6.22. The van der Waals surface area contributed by atoms with E-state index in [2.05, 4.69) is 0 Å². The Morgan fingerprint density at radius 2 is 1.76 bits per heavy atom. The fourth-order valence-electron chi connectivity index (χ4n) is 2.75. The van der Waals surface area contributed by atoms with E-state index in [4.69, 9.17) is 0 Å². The first-order valence-corrected chi connectivity index (χ1v) is 7.21. The zero-order chi connectivity index (χ0) is 15.1. The second-order valence-electron chi connectivity index (χ2n) is 5.82. The molecular formula is C16H18N2O3. The Bertz CT molecular complexity index is 587. The van der Waals surface area contributed by atoms with Gasteiger partial charge in [-0.15, -0.1) is 0 Å². The van der Waals surface area contributed by atoms with Gasteiger partial charge in [-0.25, -0.2) is 0 Å². The molecule has 0 bridgehead atoms. The van der Waals surface area contributed by atoms with Crippen molar-refractivity contribution < 1.29 is 14.4 Å². The van der Waals surface area contributed by atoms with E-state index in [-0.39, 0.29) is 30.3 Å². The monoisotopic (exact) mass is 286 g/mol. The molecule has 1 atom stereocenters. The summed E-state index contributed by atoms with van der Waals surface area (Å²) in [5.41, 5.74) is 0.765. The molecule has 0 saturated heterocycles. The van der Waals surface area contributed by atoms with Crippen LogP contribution in [0.5, 0.6) is 0 Å². The van der Waals surface area contributed by atoms with Gasteiger partial charge in [0.2, 0.25) is 5.91 Å². The van der Waals surface area contributed by atoms with Crippen LogP contribution in [0.2, 0.25) is 0 Å². The molecular weight excluding hydrogens is 268 g/mol. The number of benzene rings is 1. The Morgan fingerprint density at radius 1 is 1.24 bits per heavy atom. The Kier molecular flexibility index (Phi) is 3.27. The zero-order valence-electron chi connectivity index (χ0n) is 12.2. The third kappa shape index (κ3) is 2.33. The Balaban J connectivity index is 1.73. The number of amides is 3. The second kappa shape index (κ2) is 4.98. The number of hydrogen-bond acceptors (Lipinski definition) is 3. The maximum absolute atomic E-state index is 12.3. The number of fused-ring (bicyclic) bond motifs is 1. The third-order valence-corrected chi connectivity index (χ3v) is 4.48. The molecule has 1 aromatic carbocycles. The van der Waals surface area contributed by atoms with Crippen molar-refractivity contribution in [2.75, 3.05) is 13.6 Å². The van der Waals surface area contributed by atoms with Crippen LogP contribution in [0.4, 0.5) is 0 Å². The lowest BCUT2D eigenvalue weighted by atomic mass is 10.1. The van der Waals surface area contributed by atoms with Gasteiger partial charge in [0.1, 0.15) is 6.54 Å². The SMILES string of the molecule is C[C@@H](C1CC1)N(C)C(=O)CN1C(=O)c2ccccc2C1=O. The van der Waals surface area contributed by atoms with Crippen molar-refractivity contribution in [3.8, 4) is 0 Å². The minimum atomic E-state index is -0.378. The summed E-state index contributed by atoms with van der Waals surface area (Å²) in [5, 5.41) is 0. The number of imide groups is 1. The van der Waals surface area contributed by atoms with Crippen LogP contribution in [-0.4, -0.2) is 47.2 Å². The Labute approximate surface area is 123 Å². The number of hydrogen-bond donors (Lipinski definition) is 0. The van der Waals surface area contributed by atoms with Crippen LogP contribution in [0.1, 0.15) is 40.5 Å². The summed E-state index contributed by atoms with van der Waals surface area (Å²) in [5.74, 6) is -0.391. The minimum absolute atomic E-state index is 0.160. The van der Waals surface area contributed by atoms with E-state index in [0.717, 1.165) is 17.7 Å². The molecule has 5 nitrogen and oxygen atoms in total. The second-order valence-corrected chi connectivity index (χ2v) is 5.82. The van der Waals surface area contributed by atoms with Gasteiger partial charge in [-0.1, -0.05) is 12.1 Å². The average molecular weight is 286 g/mol. The van der Waals surface area contributed by atoms with Gasteiger partial charge < -0.3 is 4.90 Å². The first-order valence-electron chi connectivity index (χ1n) is 7.21. The van der Waals surface area contributed by atoms with Crippen molar-refractivity contribution in [1.82, 2.24) is 9.80 Å². The van der Waals surface area contributed by atoms with Gasteiger partial charge in [0.15, 0.2) is 0 Å². The third-order valence-electron chi connectivity index (χ3n) is 4.48. The van der Waals surface area contributed by atoms with Crippen LogP contribution in [0.25, 0.3) is 0 Å². The summed E-state index contributed by atoms with van der Waals surface area (Å²) in [4.78, 5) is 39.4. The predicted molar refractivity (Wildman–Crippen MR) is 76.8 cm³/mol. The molecule has 0 radical (unpaired) electrons. The van der Waals surface area contributed by atoms with Crippen LogP contribution in [-0.2, 0) is 4.79 Å². The summed E-state index contributed by atoms with van der Waals surface area (Å²) >= 11 is 0. The topological polar surface area (TPSA) is 57.7 Å². The molecule has 1 aromatic rings. The van der Waals surface area contributed by atoms with Gasteiger partial charge in [-0.05, 0) is 37.8 Å². The lowest BCUT2D eigenvalue weighted by molar-refractivity contribution is -0.132. The molecule has 5 heteroatoms. The fourth-order valence-corrected chi connectivity index (χ4v) is 2.75. The molecule has 1 heterocycles. The van der Waals surface area contributed by atoms with Crippen LogP contribution in [0.3, 0.4) is 0 Å². The highest BCUT2D eigenvalue weighted by Crippen LogP contribution is 2.34. The molecule has 1 aliphatic carbocycles. The Morgan fingerprint density at radius 3 is 2.24 bits per heavy atom. The molecule has 0 unspecified atom stereocenters. The highest BCUT2D eigenvalue weighted by atomic mass is 16.2. The number of carbonyl (C=O) groups is 3. The summed E-state index contributed by atoms with van der Waals surface area (Å²) in [6.45, 7) is 1.83. The van der Waals surface area contributed by atoms with Crippen LogP contribution in [0.15, 0.2) is 24.3 Å². The van der Waals surface area contributed by atoms with E-state index in [1.165, 1.54) is 0 Å². The largest absolute Gasteiger partial charge is 0.341 e. The molecule has 1 fully saturated rings. The van der Waals surface area contributed by atoms with Crippen molar-refractivity contribution in [2.24, 2.45) is 5.92 Å². The number of rotatable bonds is 4. The molecule has 110 valence electrons. The maximum atomic E-state index is 12.3.